The number of nitrogens with zero attached hydrogens (tertiary/aromatic N) is 3. The van der Waals surface area contributed by atoms with Gasteiger partial charge < -0.3 is 10.6 Å². The molecule has 2 unspecified atom stereocenters. The van der Waals surface area contributed by atoms with E-state index in [1.54, 1.807) is 17.5 Å². The molecule has 1 aliphatic heterocycles. The number of amides is 1. The van der Waals surface area contributed by atoms with Crippen LogP contribution in [-0.2, 0) is 0 Å². The van der Waals surface area contributed by atoms with Crippen molar-refractivity contribution in [3.63, 3.8) is 0 Å². The number of anilines is 1. The normalized spacial score (nSPS) is 16.7. The maximum absolute atomic E-state index is 13.5. The van der Waals surface area contributed by atoms with Crippen molar-refractivity contribution in [2.45, 2.75) is 52.2 Å². The van der Waals surface area contributed by atoms with Crippen LogP contribution >= 0.6 is 11.3 Å². The van der Waals surface area contributed by atoms with E-state index in [2.05, 4.69) is 34.6 Å². The van der Waals surface area contributed by atoms with Gasteiger partial charge in [0.25, 0.3) is 5.91 Å². The van der Waals surface area contributed by atoms with Gasteiger partial charge in [-0.15, -0.1) is 11.3 Å². The number of carbonyl (C=O) groups is 1. The Morgan fingerprint density at radius 2 is 1.68 bits per heavy atom. The smallest absolute Gasteiger partial charge is 0.257 e. The maximum atomic E-state index is 13.5. The fraction of sp³-hybridized carbons (Fsp3) is 0.296. The Morgan fingerprint density at radius 1 is 1.06 bits per heavy atom. The molecule has 6 nitrogen and oxygen atoms in total. The molecular weight excluding hydrogens is 442 g/mol. The van der Waals surface area contributed by atoms with Crippen molar-refractivity contribution in [2.24, 2.45) is 0 Å². The lowest BCUT2D eigenvalue weighted by Crippen LogP contribution is -2.31. The molecule has 0 saturated carbocycles. The molecule has 1 aliphatic rings. The summed E-state index contributed by atoms with van der Waals surface area (Å²) in [6.45, 7) is 8.19. The second kappa shape index (κ2) is 10.7. The Balaban J connectivity index is 0.00000133. The van der Waals surface area contributed by atoms with Crippen molar-refractivity contribution in [3.8, 4) is 0 Å². The Kier molecular flexibility index (Phi) is 7.43. The van der Waals surface area contributed by atoms with Gasteiger partial charge in [-0.2, -0.15) is 5.10 Å². The highest BCUT2D eigenvalue weighted by molar-refractivity contribution is 7.11. The Hall–Kier alpha value is -3.45. The average Bonchev–Trinajstić information content (AvgIpc) is 3.51. The van der Waals surface area contributed by atoms with Crippen LogP contribution in [0.4, 0.5) is 5.82 Å². The molecule has 5 rings (SSSR count). The van der Waals surface area contributed by atoms with Crippen molar-refractivity contribution < 1.29 is 4.79 Å². The summed E-state index contributed by atoms with van der Waals surface area (Å²) >= 11 is 1.69. The second-order valence-corrected chi connectivity index (χ2v) is 9.44. The molecule has 0 spiro atoms. The summed E-state index contributed by atoms with van der Waals surface area (Å²) in [5, 5.41) is 12.3. The topological polar surface area (TPSA) is 71.8 Å². The average molecular weight is 474 g/mol. The minimum atomic E-state index is -0.251. The van der Waals surface area contributed by atoms with Gasteiger partial charge in [-0.1, -0.05) is 74.5 Å². The number of aromatic nitrogens is 3. The van der Waals surface area contributed by atoms with Gasteiger partial charge >= 0.3 is 0 Å². The summed E-state index contributed by atoms with van der Waals surface area (Å²) < 4.78 is 1.91. The molecule has 2 aromatic heterocycles. The van der Waals surface area contributed by atoms with Gasteiger partial charge in [0.05, 0.1) is 24.3 Å². The Labute approximate surface area is 205 Å². The zero-order chi connectivity index (χ0) is 24.1. The van der Waals surface area contributed by atoms with Gasteiger partial charge in [0.1, 0.15) is 16.4 Å². The zero-order valence-electron chi connectivity index (χ0n) is 20.0. The van der Waals surface area contributed by atoms with Gasteiger partial charge in [0, 0.05) is 11.1 Å². The van der Waals surface area contributed by atoms with Gasteiger partial charge in [-0.05, 0) is 31.4 Å². The number of nitrogens with one attached hydrogen (secondary N) is 2. The second-order valence-electron chi connectivity index (χ2n) is 8.17. The van der Waals surface area contributed by atoms with Crippen LogP contribution in [0.2, 0.25) is 0 Å². The highest BCUT2D eigenvalue weighted by Crippen LogP contribution is 2.37. The number of hydrogen-bond acceptors (Lipinski definition) is 5. The summed E-state index contributed by atoms with van der Waals surface area (Å²) in [7, 11) is 0. The first-order valence-corrected chi connectivity index (χ1v) is 12.6. The summed E-state index contributed by atoms with van der Waals surface area (Å²) in [6, 6.07) is 20.0. The molecule has 2 aromatic carbocycles. The van der Waals surface area contributed by atoms with Crippen LogP contribution in [0.15, 0.2) is 73.1 Å². The first-order valence-electron chi connectivity index (χ1n) is 11.8. The van der Waals surface area contributed by atoms with Crippen molar-refractivity contribution in [3.05, 3.63) is 99.6 Å². The van der Waals surface area contributed by atoms with Crippen molar-refractivity contribution in [1.82, 2.24) is 20.1 Å². The highest BCUT2D eigenvalue weighted by atomic mass is 32.1. The molecule has 0 bridgehead atoms. The predicted octanol–water partition coefficient (Wildman–Crippen LogP) is 6.31. The minimum Gasteiger partial charge on any atom is -0.360 e. The Bertz CT molecular complexity index is 1180. The molecule has 176 valence electrons. The van der Waals surface area contributed by atoms with Crippen LogP contribution in [0.25, 0.3) is 0 Å². The van der Waals surface area contributed by atoms with Gasteiger partial charge in [0.2, 0.25) is 0 Å². The monoisotopic (exact) mass is 473 g/mol. The number of carbonyl (C=O) groups excluding carboxylic acids is 1. The molecule has 0 fully saturated rings. The van der Waals surface area contributed by atoms with E-state index < -0.39 is 0 Å². The first-order chi connectivity index (χ1) is 16.6. The molecule has 7 heteroatoms. The first kappa shape index (κ1) is 23.7. The lowest BCUT2D eigenvalue weighted by atomic mass is 9.98. The zero-order valence-corrected chi connectivity index (χ0v) is 20.8. The van der Waals surface area contributed by atoms with E-state index in [9.17, 15) is 4.79 Å². The number of aryl methyl sites for hydroxylation is 1. The van der Waals surface area contributed by atoms with Crippen LogP contribution in [0.5, 0.6) is 0 Å². The summed E-state index contributed by atoms with van der Waals surface area (Å²) in [6.07, 6.45) is 4.44. The number of thiazole rings is 1. The molecule has 34 heavy (non-hydrogen) atoms. The SMILES string of the molecule is CC.Cc1cnc(C2CC(C)n3ncc(C(=O)NC(c4ccccc4)c4ccccc4)c3N2)s1. The maximum Gasteiger partial charge on any atom is 0.257 e. The molecular formula is C27H31N5OS. The number of rotatable bonds is 5. The number of benzene rings is 2. The largest absolute Gasteiger partial charge is 0.360 e. The molecule has 0 radical (unpaired) electrons. The standard InChI is InChI=1S/C25H25N5OS.C2H6/c1-16-13-21(25-26-14-17(2)32-25)28-23-20(15-27-30(16)23)24(31)29-22(18-9-5-3-6-10-18)19-11-7-4-8-12-19;1-2/h3-12,14-16,21-22,28H,13H2,1-2H3,(H,29,31);1-2H3. The summed E-state index contributed by atoms with van der Waals surface area (Å²) in [4.78, 5) is 19.2. The summed E-state index contributed by atoms with van der Waals surface area (Å²) in [5.41, 5.74) is 2.61. The van der Waals surface area contributed by atoms with Crippen molar-refractivity contribution in [1.29, 1.82) is 0 Å². The number of hydrogen-bond donors (Lipinski definition) is 2. The molecule has 2 N–H and O–H groups in total. The molecule has 2 atom stereocenters. The third kappa shape index (κ3) is 4.89. The van der Waals surface area contributed by atoms with E-state index in [0.29, 0.717) is 5.56 Å². The number of fused-ring (bicyclic) bond motifs is 1. The van der Waals surface area contributed by atoms with Crippen LogP contribution in [0.3, 0.4) is 0 Å². The third-order valence-corrected chi connectivity index (χ3v) is 6.85. The lowest BCUT2D eigenvalue weighted by molar-refractivity contribution is 0.0943. The quantitative estimate of drug-likeness (QED) is 0.356. The molecule has 3 heterocycles. The summed E-state index contributed by atoms with van der Waals surface area (Å²) in [5.74, 6) is 0.596. The van der Waals surface area contributed by atoms with Crippen LogP contribution in [0, 0.1) is 6.92 Å². The molecule has 1 amide bonds. The molecule has 4 aromatic rings. The Morgan fingerprint density at radius 3 is 2.24 bits per heavy atom. The van der Waals surface area contributed by atoms with Crippen molar-refractivity contribution >= 4 is 23.1 Å². The predicted molar refractivity (Wildman–Crippen MR) is 138 cm³/mol. The van der Waals surface area contributed by atoms with Crippen LogP contribution in [-0.4, -0.2) is 20.7 Å². The van der Waals surface area contributed by atoms with E-state index in [1.807, 2.05) is 85.4 Å². The van der Waals surface area contributed by atoms with E-state index in [1.165, 1.54) is 4.88 Å². The lowest BCUT2D eigenvalue weighted by Gasteiger charge is -2.30. The fourth-order valence-electron chi connectivity index (χ4n) is 4.23. The van der Waals surface area contributed by atoms with Crippen molar-refractivity contribution in [2.75, 3.05) is 5.32 Å². The third-order valence-electron chi connectivity index (χ3n) is 5.82. The van der Waals surface area contributed by atoms with Gasteiger partial charge in [0.15, 0.2) is 0 Å². The van der Waals surface area contributed by atoms with Crippen LogP contribution < -0.4 is 10.6 Å². The highest BCUT2D eigenvalue weighted by Gasteiger charge is 2.31. The van der Waals surface area contributed by atoms with E-state index in [-0.39, 0.29) is 24.0 Å². The van der Waals surface area contributed by atoms with Crippen LogP contribution in [0.1, 0.15) is 76.7 Å². The van der Waals surface area contributed by atoms with E-state index in [4.69, 9.17) is 0 Å². The van der Waals surface area contributed by atoms with Gasteiger partial charge in [-0.3, -0.25) is 4.79 Å². The van der Waals surface area contributed by atoms with Gasteiger partial charge in [-0.25, -0.2) is 9.67 Å². The molecule has 0 aliphatic carbocycles. The van der Waals surface area contributed by atoms with E-state index >= 15 is 0 Å². The molecule has 0 saturated heterocycles. The fourth-order valence-corrected chi connectivity index (χ4v) is 5.06. The minimum absolute atomic E-state index is 0.0680. The van der Waals surface area contributed by atoms with E-state index in [0.717, 1.165) is 28.4 Å².